The molecule has 0 unspecified atom stereocenters. The van der Waals surface area contributed by atoms with Gasteiger partial charge in [0.25, 0.3) is 0 Å². The van der Waals surface area contributed by atoms with Gasteiger partial charge in [0.05, 0.1) is 0 Å². The van der Waals surface area contributed by atoms with Crippen molar-refractivity contribution in [2.75, 3.05) is 5.32 Å². The smallest absolute Gasteiger partial charge is 0.205 e. The lowest BCUT2D eigenvalue weighted by molar-refractivity contribution is 0.387. The number of aromatic nitrogens is 2. The van der Waals surface area contributed by atoms with Gasteiger partial charge in [-0.05, 0) is 25.2 Å². The number of allylic oxidation sites excluding steroid dienone is 1. The van der Waals surface area contributed by atoms with Gasteiger partial charge in [0.2, 0.25) is 5.95 Å². The average molecular weight is 265 g/mol. The van der Waals surface area contributed by atoms with Crippen LogP contribution in [0.25, 0.3) is 0 Å². The van der Waals surface area contributed by atoms with Crippen molar-refractivity contribution in [1.29, 1.82) is 5.26 Å². The fraction of sp³-hybridized carbons (Fsp3) is 0.538. The molecule has 1 saturated carbocycles. The van der Waals surface area contributed by atoms with Crippen molar-refractivity contribution in [2.45, 2.75) is 31.7 Å². The van der Waals surface area contributed by atoms with E-state index in [1.807, 2.05) is 6.08 Å². The first-order valence-corrected chi connectivity index (χ1v) is 6.55. The number of hydrogen-bond donors (Lipinski definition) is 1. The standard InChI is InChI=1S/C13H17ClN4/c1-3-9-5-4-6-10(7-9)16-13-17-12(14)11(8-15)18(13)2/h3,9-10H,1,4-7H2,2H3,(H,16,17)/t9-,10-/m1/s1. The first kappa shape index (κ1) is 13.0. The minimum atomic E-state index is 0.263. The van der Waals surface area contributed by atoms with Crippen molar-refractivity contribution >= 4 is 17.5 Å². The summed E-state index contributed by atoms with van der Waals surface area (Å²) in [4.78, 5) is 4.19. The zero-order valence-corrected chi connectivity index (χ0v) is 11.2. The molecule has 1 fully saturated rings. The highest BCUT2D eigenvalue weighted by Gasteiger charge is 2.22. The van der Waals surface area contributed by atoms with Crippen LogP contribution in [0.3, 0.4) is 0 Å². The minimum Gasteiger partial charge on any atom is -0.353 e. The van der Waals surface area contributed by atoms with Crippen LogP contribution in [-0.4, -0.2) is 15.6 Å². The van der Waals surface area contributed by atoms with Crippen LogP contribution in [0.2, 0.25) is 5.15 Å². The molecule has 0 bridgehead atoms. The molecular weight excluding hydrogens is 248 g/mol. The predicted molar refractivity (Wildman–Crippen MR) is 72.5 cm³/mol. The molecule has 0 aliphatic heterocycles. The third-order valence-electron chi connectivity index (χ3n) is 3.54. The van der Waals surface area contributed by atoms with E-state index in [4.69, 9.17) is 16.9 Å². The third-order valence-corrected chi connectivity index (χ3v) is 3.80. The van der Waals surface area contributed by atoms with Crippen LogP contribution in [0.4, 0.5) is 5.95 Å². The van der Waals surface area contributed by atoms with Crippen molar-refractivity contribution in [3.8, 4) is 6.07 Å². The Hall–Kier alpha value is -1.47. The molecule has 1 aromatic rings. The van der Waals surface area contributed by atoms with Gasteiger partial charge in [-0.25, -0.2) is 0 Å². The summed E-state index contributed by atoms with van der Waals surface area (Å²) in [6.45, 7) is 3.86. The Morgan fingerprint density at radius 1 is 1.61 bits per heavy atom. The van der Waals surface area contributed by atoms with Crippen LogP contribution in [0.5, 0.6) is 0 Å². The van der Waals surface area contributed by atoms with E-state index in [9.17, 15) is 0 Å². The van der Waals surface area contributed by atoms with Gasteiger partial charge in [-0.2, -0.15) is 10.2 Å². The third kappa shape index (κ3) is 2.51. The maximum Gasteiger partial charge on any atom is 0.205 e. The zero-order chi connectivity index (χ0) is 13.1. The summed E-state index contributed by atoms with van der Waals surface area (Å²) >= 11 is 5.91. The molecule has 18 heavy (non-hydrogen) atoms. The number of imidazole rings is 1. The Morgan fingerprint density at radius 2 is 2.39 bits per heavy atom. The van der Waals surface area contributed by atoms with Crippen LogP contribution in [-0.2, 0) is 7.05 Å². The Labute approximate surface area is 112 Å². The van der Waals surface area contributed by atoms with Gasteiger partial charge in [-0.3, -0.25) is 0 Å². The lowest BCUT2D eigenvalue weighted by atomic mass is 9.86. The van der Waals surface area contributed by atoms with Crippen LogP contribution < -0.4 is 5.32 Å². The molecule has 96 valence electrons. The molecule has 0 amide bonds. The van der Waals surface area contributed by atoms with E-state index >= 15 is 0 Å². The average Bonchev–Trinajstić information content (AvgIpc) is 2.64. The molecule has 2 rings (SSSR count). The number of anilines is 1. The Balaban J connectivity index is 2.10. The fourth-order valence-electron chi connectivity index (χ4n) is 2.47. The second-order valence-corrected chi connectivity index (χ2v) is 5.11. The fourth-order valence-corrected chi connectivity index (χ4v) is 2.72. The van der Waals surface area contributed by atoms with Gasteiger partial charge >= 0.3 is 0 Å². The molecule has 1 N–H and O–H groups in total. The highest BCUT2D eigenvalue weighted by Crippen LogP contribution is 2.28. The number of nitrogens with one attached hydrogen (secondary N) is 1. The second-order valence-electron chi connectivity index (χ2n) is 4.75. The summed E-state index contributed by atoms with van der Waals surface area (Å²) in [5.74, 6) is 1.24. The normalized spacial score (nSPS) is 23.4. The topological polar surface area (TPSA) is 53.6 Å². The largest absolute Gasteiger partial charge is 0.353 e. The maximum atomic E-state index is 8.96. The molecule has 5 heteroatoms. The molecule has 0 spiro atoms. The summed E-state index contributed by atoms with van der Waals surface area (Å²) in [5, 5.41) is 12.6. The minimum absolute atomic E-state index is 0.263. The number of nitrogens with zero attached hydrogens (tertiary/aromatic N) is 3. The molecule has 2 atom stereocenters. The molecule has 0 saturated heterocycles. The summed E-state index contributed by atoms with van der Waals surface area (Å²) in [6, 6.07) is 2.43. The van der Waals surface area contributed by atoms with E-state index < -0.39 is 0 Å². The SMILES string of the molecule is C=C[C@@H]1CCC[C@@H](Nc2nc(Cl)c(C#N)n2C)C1. The molecule has 1 aromatic heterocycles. The van der Waals surface area contributed by atoms with E-state index in [0.29, 0.717) is 23.6 Å². The Bertz CT molecular complexity index is 486. The van der Waals surface area contributed by atoms with E-state index in [2.05, 4.69) is 22.9 Å². The number of halogens is 1. The highest BCUT2D eigenvalue weighted by molar-refractivity contribution is 6.30. The summed E-state index contributed by atoms with van der Waals surface area (Å²) in [6.07, 6.45) is 6.62. The van der Waals surface area contributed by atoms with E-state index in [1.165, 1.54) is 12.8 Å². The van der Waals surface area contributed by atoms with Crippen LogP contribution in [0.15, 0.2) is 12.7 Å². The van der Waals surface area contributed by atoms with Gasteiger partial charge in [-0.1, -0.05) is 24.1 Å². The first-order valence-electron chi connectivity index (χ1n) is 6.17. The van der Waals surface area contributed by atoms with Crippen LogP contribution in [0, 0.1) is 17.2 Å². The van der Waals surface area contributed by atoms with E-state index in [-0.39, 0.29) is 5.15 Å². The van der Waals surface area contributed by atoms with Gasteiger partial charge in [0.15, 0.2) is 10.8 Å². The van der Waals surface area contributed by atoms with E-state index in [0.717, 1.165) is 12.8 Å². The van der Waals surface area contributed by atoms with E-state index in [1.54, 1.807) is 11.6 Å². The van der Waals surface area contributed by atoms with Gasteiger partial charge < -0.3 is 9.88 Å². The Morgan fingerprint density at radius 3 is 3.00 bits per heavy atom. The van der Waals surface area contributed by atoms with Crippen molar-refractivity contribution in [2.24, 2.45) is 13.0 Å². The number of rotatable bonds is 3. The highest BCUT2D eigenvalue weighted by atomic mass is 35.5. The summed E-state index contributed by atoms with van der Waals surface area (Å²) in [7, 11) is 1.80. The molecule has 0 aromatic carbocycles. The van der Waals surface area contributed by atoms with Crippen molar-refractivity contribution in [3.63, 3.8) is 0 Å². The molecule has 4 nitrogen and oxygen atoms in total. The zero-order valence-electron chi connectivity index (χ0n) is 10.5. The van der Waals surface area contributed by atoms with Crippen LogP contribution >= 0.6 is 11.6 Å². The lowest BCUT2D eigenvalue weighted by Crippen LogP contribution is -2.27. The van der Waals surface area contributed by atoms with Crippen LogP contribution in [0.1, 0.15) is 31.4 Å². The molecule has 1 aliphatic rings. The van der Waals surface area contributed by atoms with Gasteiger partial charge in [0, 0.05) is 13.1 Å². The quantitative estimate of drug-likeness (QED) is 0.854. The first-order chi connectivity index (χ1) is 8.65. The van der Waals surface area contributed by atoms with Crippen molar-refractivity contribution in [1.82, 2.24) is 9.55 Å². The maximum absolute atomic E-state index is 8.96. The van der Waals surface area contributed by atoms with Gasteiger partial charge in [-0.15, -0.1) is 6.58 Å². The van der Waals surface area contributed by atoms with Crippen molar-refractivity contribution in [3.05, 3.63) is 23.5 Å². The number of nitriles is 1. The summed E-state index contributed by atoms with van der Waals surface area (Å²) < 4.78 is 1.71. The monoisotopic (exact) mass is 264 g/mol. The number of hydrogen-bond acceptors (Lipinski definition) is 3. The van der Waals surface area contributed by atoms with Gasteiger partial charge in [0.1, 0.15) is 6.07 Å². The lowest BCUT2D eigenvalue weighted by Gasteiger charge is -2.28. The predicted octanol–water partition coefficient (Wildman–Crippen LogP) is 3.10. The molecule has 0 radical (unpaired) electrons. The Kier molecular flexibility index (Phi) is 3.93. The van der Waals surface area contributed by atoms with Crippen molar-refractivity contribution < 1.29 is 0 Å². The molecule has 1 heterocycles. The molecule has 1 aliphatic carbocycles. The second kappa shape index (κ2) is 5.45. The molecular formula is C13H17ClN4. The summed E-state index contributed by atoms with van der Waals surface area (Å²) in [5.41, 5.74) is 0.398.